The van der Waals surface area contributed by atoms with E-state index in [1.54, 1.807) is 0 Å². The first-order chi connectivity index (χ1) is 22.8. The maximum Gasteiger partial charge on any atom is 4.00 e. The minimum absolute atomic E-state index is 0. The molecule has 7 rings (SSSR count). The van der Waals surface area contributed by atoms with Crippen molar-refractivity contribution in [2.45, 2.75) is 65.2 Å². The number of rotatable bonds is 0. The summed E-state index contributed by atoms with van der Waals surface area (Å²) in [4.78, 5) is 0. The molecule has 0 spiro atoms. The van der Waals surface area contributed by atoms with Gasteiger partial charge in [0.15, 0.2) is 0 Å². The van der Waals surface area contributed by atoms with Crippen molar-refractivity contribution in [2.24, 2.45) is 11.8 Å². The third-order valence-electron chi connectivity index (χ3n) is 7.50. The summed E-state index contributed by atoms with van der Waals surface area (Å²) in [5, 5.41) is 0. The van der Waals surface area contributed by atoms with Crippen LogP contribution in [0.25, 0.3) is 0 Å². The van der Waals surface area contributed by atoms with Crippen LogP contribution in [0.2, 0.25) is 0 Å². The molecule has 0 amide bonds. The first-order valence-electron chi connectivity index (χ1n) is 17.1. The van der Waals surface area contributed by atoms with Crippen LogP contribution in [0.15, 0.2) is 152 Å². The molecule has 5 aromatic carbocycles. The van der Waals surface area contributed by atoms with E-state index >= 15 is 0 Å². The summed E-state index contributed by atoms with van der Waals surface area (Å²) < 4.78 is 0. The van der Waals surface area contributed by atoms with Crippen molar-refractivity contribution in [1.29, 1.82) is 0 Å². The van der Waals surface area contributed by atoms with Gasteiger partial charge in [-0.25, -0.2) is 0 Å². The van der Waals surface area contributed by atoms with Crippen LogP contribution in [0.5, 0.6) is 0 Å². The molecule has 0 bridgehead atoms. The third kappa shape index (κ3) is 36.8. The van der Waals surface area contributed by atoms with Gasteiger partial charge in [-0.1, -0.05) is 95.5 Å². The predicted molar refractivity (Wildman–Crippen MR) is 223 cm³/mol. The van der Waals surface area contributed by atoms with Crippen LogP contribution in [0.3, 0.4) is 0 Å². The Morgan fingerprint density at radius 2 is 0.451 bits per heavy atom. The van der Waals surface area contributed by atoms with Crippen molar-refractivity contribution in [3.05, 3.63) is 229 Å². The zero-order valence-electron chi connectivity index (χ0n) is 32.3. The predicted octanol–water partition coefficient (Wildman–Crippen LogP) is 14.6. The summed E-state index contributed by atoms with van der Waals surface area (Å²) in [5.74, 6) is 2.09. The van der Waals surface area contributed by atoms with Gasteiger partial charge in [0, 0.05) is 0 Å². The van der Waals surface area contributed by atoms with Crippen LogP contribution in [0.1, 0.15) is 93.0 Å². The van der Waals surface area contributed by atoms with Crippen molar-refractivity contribution in [3.8, 4) is 0 Å². The number of hydrogen-bond acceptors (Lipinski definition) is 0. The van der Waals surface area contributed by atoms with Crippen LogP contribution in [0.4, 0.5) is 0 Å². The second-order valence-corrected chi connectivity index (χ2v) is 12.2. The van der Waals surface area contributed by atoms with Gasteiger partial charge in [-0.2, -0.15) is 123 Å². The average molecular weight is 837 g/mol. The quantitative estimate of drug-likeness (QED) is 0.136. The maximum absolute atomic E-state index is 3.72. The summed E-state index contributed by atoms with van der Waals surface area (Å²) in [6.07, 6.45) is 11.9. The molecule has 2 heteroatoms. The summed E-state index contributed by atoms with van der Waals surface area (Å²) in [6, 6.07) is 49.4. The standard InChI is InChI=1S/5C7H7.2C6H12.2CH3.2Zr/c5*1-7-5-3-2-4-6-7;2*1-6-4-2-3-5-6;;;;/h5*2-6H,1H2;2*6H,2-5H2,1H3;2*1H3;;/q5*-1;;;2*-1;2*+4. The van der Waals surface area contributed by atoms with Crippen LogP contribution in [0, 0.1) is 61.3 Å². The van der Waals surface area contributed by atoms with Crippen molar-refractivity contribution in [1.82, 2.24) is 0 Å². The van der Waals surface area contributed by atoms with Gasteiger partial charge in [-0.3, -0.25) is 0 Å². The first-order valence-corrected chi connectivity index (χ1v) is 17.1. The Balaban J connectivity index is -0.000000250. The second-order valence-electron chi connectivity index (χ2n) is 12.2. The van der Waals surface area contributed by atoms with Gasteiger partial charge in [-0.15, -0.1) is 60.7 Å². The summed E-state index contributed by atoms with van der Waals surface area (Å²) in [5.41, 5.74) is 5.36. The first kappa shape index (κ1) is 55.0. The van der Waals surface area contributed by atoms with E-state index in [1.165, 1.54) is 51.4 Å². The average Bonchev–Trinajstić information content (AvgIpc) is 3.78. The molecule has 0 saturated heterocycles. The number of benzene rings is 5. The van der Waals surface area contributed by atoms with Gasteiger partial charge in [0.25, 0.3) is 0 Å². The molecular weight excluding hydrogens is 771 g/mol. The van der Waals surface area contributed by atoms with E-state index < -0.39 is 0 Å². The Bertz CT molecular complexity index is 1080. The van der Waals surface area contributed by atoms with Crippen LogP contribution >= 0.6 is 0 Å². The molecular formula is C49H65Zr2+. The van der Waals surface area contributed by atoms with Crippen molar-refractivity contribution in [2.75, 3.05) is 0 Å². The van der Waals surface area contributed by atoms with Crippen LogP contribution in [-0.4, -0.2) is 0 Å². The fourth-order valence-corrected chi connectivity index (χ4v) is 4.65. The van der Waals surface area contributed by atoms with E-state index in [9.17, 15) is 0 Å². The molecule has 0 heterocycles. The zero-order chi connectivity index (χ0) is 34.4. The fraction of sp³-hybridized carbons (Fsp3) is 0.245. The van der Waals surface area contributed by atoms with E-state index in [0.29, 0.717) is 0 Å². The second kappa shape index (κ2) is 38.4. The molecule has 2 saturated carbocycles. The molecule has 0 aliphatic heterocycles. The van der Waals surface area contributed by atoms with Crippen molar-refractivity contribution < 1.29 is 52.4 Å². The molecule has 5 aromatic rings. The minimum atomic E-state index is 0. The Morgan fingerprint density at radius 1 is 0.314 bits per heavy atom. The van der Waals surface area contributed by atoms with Gasteiger partial charge in [-0.05, 0) is 11.8 Å². The summed E-state index contributed by atoms with van der Waals surface area (Å²) in [6.45, 7) is 23.3. The van der Waals surface area contributed by atoms with E-state index in [2.05, 4.69) is 48.5 Å². The summed E-state index contributed by atoms with van der Waals surface area (Å²) >= 11 is 0. The Labute approximate surface area is 355 Å². The van der Waals surface area contributed by atoms with E-state index in [1.807, 2.05) is 152 Å². The van der Waals surface area contributed by atoms with Gasteiger partial charge in [0.2, 0.25) is 0 Å². The van der Waals surface area contributed by atoms with Gasteiger partial charge < -0.3 is 14.9 Å². The normalized spacial score (nSPS) is 11.9. The van der Waals surface area contributed by atoms with E-state index in [4.69, 9.17) is 0 Å². The van der Waals surface area contributed by atoms with Gasteiger partial charge >= 0.3 is 52.4 Å². The molecule has 0 atom stereocenters. The van der Waals surface area contributed by atoms with Crippen LogP contribution < -0.4 is 0 Å². The van der Waals surface area contributed by atoms with Gasteiger partial charge in [0.05, 0.1) is 0 Å². The summed E-state index contributed by atoms with van der Waals surface area (Å²) in [7, 11) is 0. The SMILES string of the molecule is CC1CCCC1.CC1CCCC1.[CH2-]c1ccccc1.[CH2-]c1ccccc1.[CH2-]c1ccccc1.[CH2-]c1ccccc1.[CH2-]c1ccccc1.[CH3-].[CH3-].[Zr+4].[Zr+4]. The smallest absolute Gasteiger partial charge is 0.358 e. The zero-order valence-corrected chi connectivity index (χ0v) is 37.2. The third-order valence-corrected chi connectivity index (χ3v) is 7.50. The molecule has 2 aliphatic rings. The van der Waals surface area contributed by atoms with Crippen molar-refractivity contribution in [3.63, 3.8) is 0 Å². The van der Waals surface area contributed by atoms with E-state index in [0.717, 1.165) is 39.7 Å². The maximum atomic E-state index is 3.72. The fourth-order valence-electron chi connectivity index (χ4n) is 4.65. The molecule has 0 N–H and O–H groups in total. The topological polar surface area (TPSA) is 0 Å². The Morgan fingerprint density at radius 3 is 0.510 bits per heavy atom. The Kier molecular flexibility index (Phi) is 41.4. The molecule has 51 heavy (non-hydrogen) atoms. The molecule has 0 unspecified atom stereocenters. The molecule has 268 valence electrons. The molecule has 0 radical (unpaired) electrons. The molecule has 2 fully saturated rings. The Hall–Kier alpha value is -2.78. The van der Waals surface area contributed by atoms with Crippen LogP contribution in [-0.2, 0) is 52.4 Å². The molecule has 2 aliphatic carbocycles. The molecule has 0 aromatic heterocycles. The van der Waals surface area contributed by atoms with Gasteiger partial charge in [0.1, 0.15) is 0 Å². The molecule has 0 nitrogen and oxygen atoms in total. The minimum Gasteiger partial charge on any atom is -0.358 e. The number of hydrogen-bond donors (Lipinski definition) is 0. The largest absolute Gasteiger partial charge is 4.00 e. The van der Waals surface area contributed by atoms with Crippen molar-refractivity contribution >= 4 is 0 Å². The van der Waals surface area contributed by atoms with E-state index in [-0.39, 0.29) is 67.3 Å². The monoisotopic (exact) mass is 833 g/mol.